The van der Waals surface area contributed by atoms with Gasteiger partial charge in [0.05, 0.1) is 5.52 Å². The summed E-state index contributed by atoms with van der Waals surface area (Å²) >= 11 is 0. The van der Waals surface area contributed by atoms with E-state index in [1.165, 1.54) is 55.0 Å². The topological polar surface area (TPSA) is 50.9 Å². The Labute approximate surface area is 147 Å². The Kier molecular flexibility index (Phi) is 8.03. The molecule has 0 fully saturated rings. The summed E-state index contributed by atoms with van der Waals surface area (Å²) in [6, 6.07) is 9.08. The predicted molar refractivity (Wildman–Crippen MR) is 106 cm³/mol. The van der Waals surface area contributed by atoms with E-state index in [4.69, 9.17) is 10.7 Å². The van der Waals surface area contributed by atoms with Gasteiger partial charge in [0.15, 0.2) is 0 Å². The maximum atomic E-state index is 5.55. The quantitative estimate of drug-likeness (QED) is 0.566. The molecule has 3 nitrogen and oxygen atoms in total. The van der Waals surface area contributed by atoms with E-state index in [2.05, 4.69) is 36.5 Å². The normalized spacial score (nSPS) is 11.1. The molecule has 1 aromatic heterocycles. The van der Waals surface area contributed by atoms with Crippen LogP contribution in [0.3, 0.4) is 0 Å². The molecule has 0 spiro atoms. The van der Waals surface area contributed by atoms with Gasteiger partial charge in [-0.1, -0.05) is 44.7 Å². The average molecular weight is 328 g/mol. The minimum absolute atomic E-state index is 0.813. The van der Waals surface area contributed by atoms with Gasteiger partial charge in [0.1, 0.15) is 5.82 Å². The lowest BCUT2D eigenvalue weighted by atomic mass is 10.0. The number of aryl methyl sites for hydroxylation is 2. The van der Waals surface area contributed by atoms with Crippen LogP contribution in [0.4, 0.5) is 5.82 Å². The van der Waals surface area contributed by atoms with Crippen LogP contribution >= 0.6 is 0 Å². The highest BCUT2D eigenvalue weighted by Gasteiger charge is 2.06. The Hall–Kier alpha value is -1.61. The summed E-state index contributed by atoms with van der Waals surface area (Å²) in [4.78, 5) is 4.86. The number of rotatable bonds is 11. The molecular weight excluding hydrogens is 294 g/mol. The Morgan fingerprint density at radius 1 is 0.958 bits per heavy atom. The first-order valence-electron chi connectivity index (χ1n) is 9.59. The molecule has 0 aliphatic heterocycles. The Morgan fingerprint density at radius 3 is 2.50 bits per heavy atom. The van der Waals surface area contributed by atoms with Crippen molar-refractivity contribution < 1.29 is 0 Å². The molecule has 2 aromatic rings. The smallest absolute Gasteiger partial charge is 0.129 e. The van der Waals surface area contributed by atoms with Crippen LogP contribution in [-0.4, -0.2) is 18.6 Å². The minimum Gasteiger partial charge on any atom is -0.373 e. The van der Waals surface area contributed by atoms with Gasteiger partial charge in [0, 0.05) is 12.4 Å². The number of hydrogen-bond donors (Lipinski definition) is 2. The molecule has 1 aromatic carbocycles. The van der Waals surface area contributed by atoms with Crippen LogP contribution in [-0.2, 0) is 12.8 Å². The molecule has 3 heteroatoms. The Bertz CT molecular complexity index is 622. The molecule has 0 atom stereocenters. The molecule has 24 heavy (non-hydrogen) atoms. The number of pyridine rings is 1. The van der Waals surface area contributed by atoms with Crippen LogP contribution in [0.15, 0.2) is 24.3 Å². The van der Waals surface area contributed by atoms with Crippen molar-refractivity contribution in [2.45, 2.75) is 64.7 Å². The van der Waals surface area contributed by atoms with Crippen LogP contribution < -0.4 is 11.1 Å². The van der Waals surface area contributed by atoms with Gasteiger partial charge in [-0.3, -0.25) is 0 Å². The largest absolute Gasteiger partial charge is 0.373 e. The summed E-state index contributed by atoms with van der Waals surface area (Å²) in [6.07, 6.45) is 10.9. The number of unbranched alkanes of at least 4 members (excludes halogenated alkanes) is 5. The molecule has 0 aliphatic rings. The summed E-state index contributed by atoms with van der Waals surface area (Å²) in [7, 11) is 1.97. The van der Waals surface area contributed by atoms with Gasteiger partial charge in [-0.25, -0.2) is 4.98 Å². The lowest BCUT2D eigenvalue weighted by Crippen LogP contribution is -2.00. The van der Waals surface area contributed by atoms with Crippen molar-refractivity contribution in [1.29, 1.82) is 0 Å². The summed E-state index contributed by atoms with van der Waals surface area (Å²) in [6.45, 7) is 3.06. The van der Waals surface area contributed by atoms with Crippen molar-refractivity contribution in [2.75, 3.05) is 18.9 Å². The zero-order valence-corrected chi connectivity index (χ0v) is 15.4. The van der Waals surface area contributed by atoms with Gasteiger partial charge in [0.2, 0.25) is 0 Å². The lowest BCUT2D eigenvalue weighted by molar-refractivity contribution is 0.647. The molecule has 0 saturated carbocycles. The first kappa shape index (κ1) is 18.7. The van der Waals surface area contributed by atoms with E-state index in [-0.39, 0.29) is 0 Å². The van der Waals surface area contributed by atoms with Gasteiger partial charge in [-0.2, -0.15) is 0 Å². The first-order valence-corrected chi connectivity index (χ1v) is 9.59. The van der Waals surface area contributed by atoms with Crippen LogP contribution in [0.5, 0.6) is 0 Å². The number of nitrogens with two attached hydrogens (primary N) is 1. The van der Waals surface area contributed by atoms with Crippen molar-refractivity contribution in [2.24, 2.45) is 5.73 Å². The minimum atomic E-state index is 0.813. The van der Waals surface area contributed by atoms with Crippen molar-refractivity contribution >= 4 is 16.7 Å². The fourth-order valence-electron chi connectivity index (χ4n) is 3.21. The van der Waals surface area contributed by atoms with E-state index in [0.29, 0.717) is 0 Å². The molecule has 0 amide bonds. The molecule has 2 rings (SSSR count). The van der Waals surface area contributed by atoms with E-state index < -0.39 is 0 Å². The monoisotopic (exact) mass is 327 g/mol. The number of hydrogen-bond acceptors (Lipinski definition) is 3. The lowest BCUT2D eigenvalue weighted by Gasteiger charge is -2.11. The molecule has 0 unspecified atom stereocenters. The number of benzene rings is 1. The Balaban J connectivity index is 2.06. The van der Waals surface area contributed by atoms with Crippen LogP contribution in [0, 0.1) is 0 Å². The van der Waals surface area contributed by atoms with Gasteiger partial charge >= 0.3 is 0 Å². The standard InChI is InChI=1S/C21H33N3/c1-3-4-7-11-19-16-18-13-12-17(10-8-5-6-9-14-22)15-20(18)24-21(19)23-2/h12-13,15-16H,3-11,14,22H2,1-2H3,(H,23,24). The summed E-state index contributed by atoms with van der Waals surface area (Å²) in [5.41, 5.74) is 9.39. The third-order valence-corrected chi connectivity index (χ3v) is 4.67. The Morgan fingerprint density at radius 2 is 1.75 bits per heavy atom. The van der Waals surface area contributed by atoms with Gasteiger partial charge in [-0.15, -0.1) is 0 Å². The van der Waals surface area contributed by atoms with E-state index in [1.54, 1.807) is 0 Å². The summed E-state index contributed by atoms with van der Waals surface area (Å²) in [5, 5.41) is 4.53. The molecule has 0 bridgehead atoms. The molecule has 0 saturated heterocycles. The predicted octanol–water partition coefficient (Wildman–Crippen LogP) is 5.07. The highest BCUT2D eigenvalue weighted by atomic mass is 15.0. The number of fused-ring (bicyclic) bond motifs is 1. The fourth-order valence-corrected chi connectivity index (χ4v) is 3.21. The van der Waals surface area contributed by atoms with E-state index >= 15 is 0 Å². The second kappa shape index (κ2) is 10.3. The second-order valence-corrected chi connectivity index (χ2v) is 6.68. The molecule has 0 aliphatic carbocycles. The molecular formula is C21H33N3. The van der Waals surface area contributed by atoms with Gasteiger partial charge in [0.25, 0.3) is 0 Å². The zero-order valence-electron chi connectivity index (χ0n) is 15.4. The van der Waals surface area contributed by atoms with E-state index in [1.807, 2.05) is 7.05 Å². The number of aromatic nitrogens is 1. The highest BCUT2D eigenvalue weighted by Crippen LogP contribution is 2.24. The van der Waals surface area contributed by atoms with Crippen LogP contribution in [0.2, 0.25) is 0 Å². The van der Waals surface area contributed by atoms with Crippen LogP contribution in [0.25, 0.3) is 10.9 Å². The maximum Gasteiger partial charge on any atom is 0.129 e. The number of anilines is 1. The average Bonchev–Trinajstić information content (AvgIpc) is 2.61. The van der Waals surface area contributed by atoms with E-state index in [9.17, 15) is 0 Å². The van der Waals surface area contributed by atoms with E-state index in [0.717, 1.165) is 37.1 Å². The summed E-state index contributed by atoms with van der Waals surface area (Å²) < 4.78 is 0. The maximum absolute atomic E-state index is 5.55. The van der Waals surface area contributed by atoms with Gasteiger partial charge < -0.3 is 11.1 Å². The number of nitrogens with zero attached hydrogens (tertiary/aromatic N) is 1. The number of nitrogens with one attached hydrogen (secondary N) is 1. The molecule has 3 N–H and O–H groups in total. The SMILES string of the molecule is CCCCCc1cc2ccc(CCCCCCN)cc2nc1NC. The fraction of sp³-hybridized carbons (Fsp3) is 0.571. The zero-order chi connectivity index (χ0) is 17.2. The van der Waals surface area contributed by atoms with Crippen molar-refractivity contribution in [3.63, 3.8) is 0 Å². The van der Waals surface area contributed by atoms with Crippen molar-refractivity contribution in [3.05, 3.63) is 35.4 Å². The van der Waals surface area contributed by atoms with Crippen molar-refractivity contribution in [3.8, 4) is 0 Å². The molecule has 1 heterocycles. The van der Waals surface area contributed by atoms with Gasteiger partial charge in [-0.05, 0) is 61.9 Å². The first-order chi connectivity index (χ1) is 11.8. The summed E-state index contributed by atoms with van der Waals surface area (Å²) in [5.74, 6) is 1.04. The highest BCUT2D eigenvalue weighted by molar-refractivity contribution is 5.82. The third kappa shape index (κ3) is 5.48. The molecule has 0 radical (unpaired) electrons. The van der Waals surface area contributed by atoms with Crippen molar-refractivity contribution in [1.82, 2.24) is 4.98 Å². The van der Waals surface area contributed by atoms with Crippen LogP contribution in [0.1, 0.15) is 63.0 Å². The molecule has 132 valence electrons. The third-order valence-electron chi connectivity index (χ3n) is 4.67. The second-order valence-electron chi connectivity index (χ2n) is 6.68.